The molecule has 0 aromatic carbocycles. The predicted octanol–water partition coefficient (Wildman–Crippen LogP) is 2.78. The normalized spacial score (nSPS) is 15.9. The lowest BCUT2D eigenvalue weighted by molar-refractivity contribution is 0.215. The minimum atomic E-state index is 0.550. The van der Waals surface area contributed by atoms with Crippen LogP contribution in [-0.2, 0) is 0 Å². The maximum atomic E-state index is 5.73. The highest BCUT2D eigenvalue weighted by molar-refractivity contribution is 7.17. The Morgan fingerprint density at radius 2 is 2.09 bits per heavy atom. The second kappa shape index (κ2) is 6.45. The number of hydrogen-bond acceptors (Lipinski definition) is 7. The van der Waals surface area contributed by atoms with Gasteiger partial charge < -0.3 is 9.64 Å². The van der Waals surface area contributed by atoms with Crippen LogP contribution in [0.15, 0.2) is 36.4 Å². The SMILES string of the molecule is c1cnc(OCC2CCN(c3ncnc4ccsc34)CC2)cn1. The minimum absolute atomic E-state index is 0.550. The van der Waals surface area contributed by atoms with Crippen LogP contribution in [0.25, 0.3) is 10.2 Å². The van der Waals surface area contributed by atoms with Gasteiger partial charge in [-0.05, 0) is 30.2 Å². The van der Waals surface area contributed by atoms with Crippen molar-refractivity contribution in [3.63, 3.8) is 0 Å². The Bertz CT molecular complexity index is 770. The first-order chi connectivity index (χ1) is 11.4. The molecule has 118 valence electrons. The number of thiophene rings is 1. The van der Waals surface area contributed by atoms with Crippen LogP contribution in [0, 0.1) is 5.92 Å². The van der Waals surface area contributed by atoms with E-state index in [1.807, 2.05) is 6.07 Å². The molecule has 3 aromatic heterocycles. The van der Waals surface area contributed by atoms with Crippen molar-refractivity contribution in [1.82, 2.24) is 19.9 Å². The van der Waals surface area contributed by atoms with Gasteiger partial charge in [-0.25, -0.2) is 15.0 Å². The quantitative estimate of drug-likeness (QED) is 0.734. The molecule has 23 heavy (non-hydrogen) atoms. The van der Waals surface area contributed by atoms with Gasteiger partial charge in [0.25, 0.3) is 0 Å². The smallest absolute Gasteiger partial charge is 0.232 e. The Kier molecular flexibility index (Phi) is 4.02. The third-order valence-corrected chi connectivity index (χ3v) is 5.04. The van der Waals surface area contributed by atoms with E-state index < -0.39 is 0 Å². The number of anilines is 1. The van der Waals surface area contributed by atoms with Crippen molar-refractivity contribution in [3.05, 3.63) is 36.4 Å². The van der Waals surface area contributed by atoms with Crippen molar-refractivity contribution in [2.75, 3.05) is 24.6 Å². The maximum Gasteiger partial charge on any atom is 0.232 e. The van der Waals surface area contributed by atoms with Crippen LogP contribution >= 0.6 is 11.3 Å². The lowest BCUT2D eigenvalue weighted by Gasteiger charge is -2.32. The molecule has 1 aliphatic rings. The predicted molar refractivity (Wildman–Crippen MR) is 89.9 cm³/mol. The highest BCUT2D eigenvalue weighted by Crippen LogP contribution is 2.30. The minimum Gasteiger partial charge on any atom is -0.476 e. The first-order valence-electron chi connectivity index (χ1n) is 7.72. The molecular formula is C16H17N5OS. The number of rotatable bonds is 4. The van der Waals surface area contributed by atoms with E-state index in [1.165, 1.54) is 4.70 Å². The summed E-state index contributed by atoms with van der Waals surface area (Å²) in [6.07, 6.45) is 8.81. The van der Waals surface area contributed by atoms with Crippen LogP contribution < -0.4 is 9.64 Å². The zero-order valence-corrected chi connectivity index (χ0v) is 13.4. The van der Waals surface area contributed by atoms with Gasteiger partial charge in [0.1, 0.15) is 12.1 Å². The summed E-state index contributed by atoms with van der Waals surface area (Å²) in [5.41, 5.74) is 1.04. The van der Waals surface area contributed by atoms with Gasteiger partial charge in [-0.15, -0.1) is 11.3 Å². The van der Waals surface area contributed by atoms with Crippen LogP contribution in [0.5, 0.6) is 5.88 Å². The van der Waals surface area contributed by atoms with E-state index in [-0.39, 0.29) is 0 Å². The number of ether oxygens (including phenoxy) is 1. The van der Waals surface area contributed by atoms with Crippen LogP contribution in [0.3, 0.4) is 0 Å². The van der Waals surface area contributed by atoms with Crippen LogP contribution in [0.2, 0.25) is 0 Å². The average molecular weight is 327 g/mol. The Morgan fingerprint density at radius 3 is 2.91 bits per heavy atom. The van der Waals surface area contributed by atoms with Crippen LogP contribution in [0.4, 0.5) is 5.82 Å². The van der Waals surface area contributed by atoms with Crippen molar-refractivity contribution >= 4 is 27.4 Å². The van der Waals surface area contributed by atoms with E-state index in [9.17, 15) is 0 Å². The van der Waals surface area contributed by atoms with E-state index in [0.29, 0.717) is 18.4 Å². The number of nitrogens with zero attached hydrogens (tertiary/aromatic N) is 5. The molecule has 0 atom stereocenters. The summed E-state index contributed by atoms with van der Waals surface area (Å²) < 4.78 is 6.91. The summed E-state index contributed by atoms with van der Waals surface area (Å²) in [7, 11) is 0. The fourth-order valence-corrected chi connectivity index (χ4v) is 3.74. The highest BCUT2D eigenvalue weighted by Gasteiger charge is 2.22. The van der Waals surface area contributed by atoms with Gasteiger partial charge in [0, 0.05) is 25.5 Å². The number of piperidine rings is 1. The summed E-state index contributed by atoms with van der Waals surface area (Å²) in [6, 6.07) is 2.05. The molecule has 0 radical (unpaired) electrons. The lowest BCUT2D eigenvalue weighted by Crippen LogP contribution is -2.36. The molecule has 0 saturated carbocycles. The number of fused-ring (bicyclic) bond motifs is 1. The van der Waals surface area contributed by atoms with E-state index in [1.54, 1.807) is 36.3 Å². The van der Waals surface area contributed by atoms with Gasteiger partial charge >= 0.3 is 0 Å². The maximum absolute atomic E-state index is 5.73. The van der Waals surface area contributed by atoms with Crippen molar-refractivity contribution in [2.45, 2.75) is 12.8 Å². The van der Waals surface area contributed by atoms with E-state index in [2.05, 4.69) is 30.2 Å². The zero-order valence-electron chi connectivity index (χ0n) is 12.6. The van der Waals surface area contributed by atoms with Crippen molar-refractivity contribution in [1.29, 1.82) is 0 Å². The van der Waals surface area contributed by atoms with Gasteiger partial charge in [0.05, 0.1) is 23.0 Å². The fourth-order valence-electron chi connectivity index (χ4n) is 2.88. The second-order valence-corrected chi connectivity index (χ2v) is 6.53. The van der Waals surface area contributed by atoms with Gasteiger partial charge in [0.2, 0.25) is 5.88 Å². The second-order valence-electron chi connectivity index (χ2n) is 5.62. The molecule has 4 rings (SSSR count). The number of hydrogen-bond donors (Lipinski definition) is 0. The molecule has 0 amide bonds. The van der Waals surface area contributed by atoms with E-state index in [4.69, 9.17) is 4.74 Å². The molecule has 0 spiro atoms. The van der Waals surface area contributed by atoms with Gasteiger partial charge in [-0.3, -0.25) is 4.98 Å². The Balaban J connectivity index is 1.37. The van der Waals surface area contributed by atoms with Crippen LogP contribution in [0.1, 0.15) is 12.8 Å². The van der Waals surface area contributed by atoms with Gasteiger partial charge in [-0.2, -0.15) is 0 Å². The Labute approximate surface area is 138 Å². The molecule has 1 saturated heterocycles. The molecule has 1 aliphatic heterocycles. The van der Waals surface area contributed by atoms with Crippen molar-refractivity contribution in [3.8, 4) is 5.88 Å². The Hall–Kier alpha value is -2.28. The molecule has 6 nitrogen and oxygen atoms in total. The first-order valence-corrected chi connectivity index (χ1v) is 8.60. The first kappa shape index (κ1) is 14.3. The molecule has 0 aliphatic carbocycles. The molecule has 0 N–H and O–H groups in total. The van der Waals surface area contributed by atoms with E-state index >= 15 is 0 Å². The molecule has 7 heteroatoms. The lowest BCUT2D eigenvalue weighted by atomic mass is 9.98. The number of aromatic nitrogens is 4. The molecule has 1 fully saturated rings. The Morgan fingerprint density at radius 1 is 1.17 bits per heavy atom. The third kappa shape index (κ3) is 3.10. The van der Waals surface area contributed by atoms with E-state index in [0.717, 1.165) is 37.3 Å². The summed E-state index contributed by atoms with van der Waals surface area (Å²) >= 11 is 1.71. The zero-order chi connectivity index (χ0) is 15.5. The van der Waals surface area contributed by atoms with Crippen molar-refractivity contribution < 1.29 is 4.74 Å². The molecule has 0 unspecified atom stereocenters. The topological polar surface area (TPSA) is 64.0 Å². The van der Waals surface area contributed by atoms with Gasteiger partial charge in [0.15, 0.2) is 0 Å². The largest absolute Gasteiger partial charge is 0.476 e. The molecular weight excluding hydrogens is 310 g/mol. The monoisotopic (exact) mass is 327 g/mol. The fraction of sp³-hybridized carbons (Fsp3) is 0.375. The van der Waals surface area contributed by atoms with Crippen LogP contribution in [-0.4, -0.2) is 39.6 Å². The molecule has 3 aromatic rings. The third-order valence-electron chi connectivity index (χ3n) is 4.14. The summed E-state index contributed by atoms with van der Waals surface area (Å²) in [4.78, 5) is 19.3. The summed E-state index contributed by atoms with van der Waals surface area (Å²) in [5, 5.41) is 2.07. The average Bonchev–Trinajstić information content (AvgIpc) is 3.10. The van der Waals surface area contributed by atoms with Gasteiger partial charge in [-0.1, -0.05) is 0 Å². The summed E-state index contributed by atoms with van der Waals surface area (Å²) in [6.45, 7) is 2.70. The molecule has 4 heterocycles. The molecule has 0 bridgehead atoms. The standard InChI is InChI=1S/C16H17N5OS/c1-6-21(16-15-13(3-8-23-15)19-11-20-16)7-2-12(1)10-22-14-9-17-4-5-18-14/h3-5,8-9,11-12H,1-2,6-7,10H2. The summed E-state index contributed by atoms with van der Waals surface area (Å²) in [5.74, 6) is 2.22. The highest BCUT2D eigenvalue weighted by atomic mass is 32.1. The van der Waals surface area contributed by atoms with Crippen molar-refractivity contribution in [2.24, 2.45) is 5.92 Å².